The molecule has 0 amide bonds. The minimum Gasteiger partial charge on any atom is -0.456 e. The van der Waals surface area contributed by atoms with E-state index in [1.54, 1.807) is 0 Å². The molecule has 1 aliphatic rings. The number of rotatable bonds is 11. The Morgan fingerprint density at radius 1 is 0.816 bits per heavy atom. The van der Waals surface area contributed by atoms with Crippen molar-refractivity contribution in [3.05, 3.63) is 108 Å². The summed E-state index contributed by atoms with van der Waals surface area (Å²) in [5.41, 5.74) is 3.71. The van der Waals surface area contributed by atoms with E-state index in [2.05, 4.69) is 89.5 Å². The molecule has 4 nitrogen and oxygen atoms in total. The molecule has 0 aromatic heterocycles. The summed E-state index contributed by atoms with van der Waals surface area (Å²) in [6.45, 7) is 5.16. The highest BCUT2D eigenvalue weighted by atomic mass is 16.5. The fourth-order valence-corrected chi connectivity index (χ4v) is 5.28. The lowest BCUT2D eigenvalue weighted by Crippen LogP contribution is -2.41. The maximum absolute atomic E-state index is 12.2. The van der Waals surface area contributed by atoms with E-state index in [1.165, 1.54) is 16.7 Å². The zero-order valence-electron chi connectivity index (χ0n) is 22.4. The Kier molecular flexibility index (Phi) is 11.0. The van der Waals surface area contributed by atoms with Gasteiger partial charge in [0.2, 0.25) is 0 Å². The zero-order chi connectivity index (χ0) is 26.4. The number of ether oxygens (including phenoxy) is 2. The molecule has 0 N–H and O–H groups in total. The Labute approximate surface area is 228 Å². The standard InChI is InChI=1S/C34H39NO3/c1-2-38-34(36)23-22-33(32-20-18-31(19-21-32)27-37-26-30-16-10-5-11-17-30)35(24-28-12-6-3-7-13-28)25-29-14-8-4-9-15-29/h3-17,31-33H,2,18-21,24-27H2,1H3. The second-order valence-electron chi connectivity index (χ2n) is 10.1. The number of benzene rings is 3. The van der Waals surface area contributed by atoms with Gasteiger partial charge in [0.05, 0.1) is 19.3 Å². The van der Waals surface area contributed by atoms with Gasteiger partial charge in [0.25, 0.3) is 0 Å². The third kappa shape index (κ3) is 8.87. The van der Waals surface area contributed by atoms with Crippen LogP contribution < -0.4 is 0 Å². The van der Waals surface area contributed by atoms with E-state index in [9.17, 15) is 4.79 Å². The van der Waals surface area contributed by atoms with E-state index in [-0.39, 0.29) is 6.04 Å². The lowest BCUT2D eigenvalue weighted by atomic mass is 9.78. The van der Waals surface area contributed by atoms with Crippen LogP contribution in [0, 0.1) is 23.7 Å². The minimum absolute atomic E-state index is 0.0361. The SMILES string of the molecule is CCOC(=O)C#CC(C1CCC(COCc2ccccc2)CC1)N(Cc1ccccc1)Cc1ccccc1. The Hall–Kier alpha value is -3.39. The van der Waals surface area contributed by atoms with Gasteiger partial charge < -0.3 is 9.47 Å². The van der Waals surface area contributed by atoms with Crippen molar-refractivity contribution < 1.29 is 14.3 Å². The van der Waals surface area contributed by atoms with E-state index in [1.807, 2.05) is 25.1 Å². The summed E-state index contributed by atoms with van der Waals surface area (Å²) in [6.07, 6.45) is 4.37. The molecule has 4 heteroatoms. The van der Waals surface area contributed by atoms with Crippen LogP contribution in [0.1, 0.15) is 49.3 Å². The molecule has 0 aliphatic heterocycles. The summed E-state index contributed by atoms with van der Waals surface area (Å²) in [7, 11) is 0. The van der Waals surface area contributed by atoms with Gasteiger partial charge in [0, 0.05) is 25.6 Å². The van der Waals surface area contributed by atoms with E-state index >= 15 is 0 Å². The molecule has 0 radical (unpaired) electrons. The Morgan fingerprint density at radius 2 is 1.34 bits per heavy atom. The third-order valence-corrected chi connectivity index (χ3v) is 7.25. The summed E-state index contributed by atoms with van der Waals surface area (Å²) >= 11 is 0. The van der Waals surface area contributed by atoms with Gasteiger partial charge in [-0.15, -0.1) is 0 Å². The molecule has 3 aromatic carbocycles. The van der Waals surface area contributed by atoms with Crippen LogP contribution in [0.4, 0.5) is 0 Å². The molecule has 1 saturated carbocycles. The molecule has 0 saturated heterocycles. The summed E-state index contributed by atoms with van der Waals surface area (Å²) in [6, 6.07) is 31.4. The van der Waals surface area contributed by atoms with Gasteiger partial charge in [-0.3, -0.25) is 4.90 Å². The van der Waals surface area contributed by atoms with Crippen LogP contribution in [0.3, 0.4) is 0 Å². The normalized spacial score (nSPS) is 17.8. The first-order chi connectivity index (χ1) is 18.7. The van der Waals surface area contributed by atoms with Crippen molar-refractivity contribution >= 4 is 5.97 Å². The van der Waals surface area contributed by atoms with Crippen LogP contribution in [0.15, 0.2) is 91.0 Å². The van der Waals surface area contributed by atoms with Crippen LogP contribution in [0.5, 0.6) is 0 Å². The number of hydrogen-bond donors (Lipinski definition) is 0. The van der Waals surface area contributed by atoms with Gasteiger partial charge in [-0.05, 0) is 61.1 Å². The number of carbonyl (C=O) groups excluding carboxylic acids is 1. The second-order valence-corrected chi connectivity index (χ2v) is 10.1. The molecule has 4 rings (SSSR count). The molecule has 0 bridgehead atoms. The molecule has 1 unspecified atom stereocenters. The highest BCUT2D eigenvalue weighted by Gasteiger charge is 2.31. The predicted molar refractivity (Wildman–Crippen MR) is 152 cm³/mol. The van der Waals surface area contributed by atoms with Gasteiger partial charge in [0.1, 0.15) is 0 Å². The average Bonchev–Trinajstić information content (AvgIpc) is 2.96. The van der Waals surface area contributed by atoms with Crippen LogP contribution in [0.2, 0.25) is 0 Å². The number of esters is 1. The maximum Gasteiger partial charge on any atom is 0.384 e. The van der Waals surface area contributed by atoms with Crippen molar-refractivity contribution in [2.75, 3.05) is 13.2 Å². The smallest absolute Gasteiger partial charge is 0.384 e. The Balaban J connectivity index is 1.46. The molecule has 1 aliphatic carbocycles. The molecule has 38 heavy (non-hydrogen) atoms. The Morgan fingerprint density at radius 3 is 1.87 bits per heavy atom. The van der Waals surface area contributed by atoms with E-state index in [0.717, 1.165) is 45.4 Å². The van der Waals surface area contributed by atoms with Gasteiger partial charge in [-0.25, -0.2) is 4.79 Å². The number of hydrogen-bond acceptors (Lipinski definition) is 4. The maximum atomic E-state index is 12.2. The second kappa shape index (κ2) is 15.1. The first-order valence-electron chi connectivity index (χ1n) is 13.8. The fraction of sp³-hybridized carbons (Fsp3) is 0.382. The first-order valence-corrected chi connectivity index (χ1v) is 13.8. The summed E-state index contributed by atoms with van der Waals surface area (Å²) in [5, 5.41) is 0. The lowest BCUT2D eigenvalue weighted by molar-refractivity contribution is -0.136. The van der Waals surface area contributed by atoms with E-state index < -0.39 is 5.97 Å². The third-order valence-electron chi connectivity index (χ3n) is 7.25. The van der Waals surface area contributed by atoms with Crippen LogP contribution in [0.25, 0.3) is 0 Å². The summed E-state index contributed by atoms with van der Waals surface area (Å²) in [4.78, 5) is 14.7. The van der Waals surface area contributed by atoms with Crippen molar-refractivity contribution in [1.29, 1.82) is 0 Å². The van der Waals surface area contributed by atoms with E-state index in [4.69, 9.17) is 9.47 Å². The van der Waals surface area contributed by atoms with Crippen LogP contribution >= 0.6 is 0 Å². The largest absolute Gasteiger partial charge is 0.456 e. The molecule has 198 valence electrons. The molecule has 1 fully saturated rings. The summed E-state index contributed by atoms with van der Waals surface area (Å²) in [5.74, 6) is 6.68. The van der Waals surface area contributed by atoms with E-state index in [0.29, 0.717) is 25.0 Å². The van der Waals surface area contributed by atoms with Gasteiger partial charge in [0.15, 0.2) is 0 Å². The minimum atomic E-state index is -0.445. The van der Waals surface area contributed by atoms with Crippen molar-refractivity contribution in [2.24, 2.45) is 11.8 Å². The van der Waals surface area contributed by atoms with Gasteiger partial charge in [-0.2, -0.15) is 0 Å². The lowest BCUT2D eigenvalue weighted by Gasteiger charge is -2.38. The van der Waals surface area contributed by atoms with Crippen LogP contribution in [-0.4, -0.2) is 30.1 Å². The highest BCUT2D eigenvalue weighted by Crippen LogP contribution is 2.34. The van der Waals surface area contributed by atoms with Gasteiger partial charge in [-0.1, -0.05) is 96.9 Å². The van der Waals surface area contributed by atoms with Crippen LogP contribution in [-0.2, 0) is 34.0 Å². The molecule has 3 aromatic rings. The number of nitrogens with zero attached hydrogens (tertiary/aromatic N) is 1. The predicted octanol–water partition coefficient (Wildman–Crippen LogP) is 6.65. The van der Waals surface area contributed by atoms with Gasteiger partial charge >= 0.3 is 5.97 Å². The average molecular weight is 510 g/mol. The topological polar surface area (TPSA) is 38.8 Å². The fourth-order valence-electron chi connectivity index (χ4n) is 5.28. The van der Waals surface area contributed by atoms with Crippen molar-refractivity contribution in [2.45, 2.75) is 58.3 Å². The molecular weight excluding hydrogens is 470 g/mol. The molecule has 0 heterocycles. The summed E-state index contributed by atoms with van der Waals surface area (Å²) < 4.78 is 11.2. The molecular formula is C34H39NO3. The number of carbonyl (C=O) groups is 1. The zero-order valence-corrected chi connectivity index (χ0v) is 22.4. The monoisotopic (exact) mass is 509 g/mol. The molecule has 1 atom stereocenters. The van der Waals surface area contributed by atoms with Crippen molar-refractivity contribution in [3.63, 3.8) is 0 Å². The first kappa shape index (κ1) is 27.6. The van der Waals surface area contributed by atoms with Crippen molar-refractivity contribution in [3.8, 4) is 11.8 Å². The molecule has 0 spiro atoms. The Bertz CT molecular complexity index is 1100. The quantitative estimate of drug-likeness (QED) is 0.165. The van der Waals surface area contributed by atoms with Crippen molar-refractivity contribution in [1.82, 2.24) is 4.90 Å². The highest BCUT2D eigenvalue weighted by molar-refractivity contribution is 5.88.